The molecule has 4 nitrogen and oxygen atoms in total. The summed E-state index contributed by atoms with van der Waals surface area (Å²) in [5, 5.41) is 7.73. The second-order valence-electron chi connectivity index (χ2n) is 7.45. The van der Waals surface area contributed by atoms with Gasteiger partial charge in [0.15, 0.2) is 5.82 Å². The minimum Gasteiger partial charge on any atom is -0.338 e. The lowest BCUT2D eigenvalue weighted by molar-refractivity contribution is 0.127. The SMILES string of the molecule is CCCCc1noc(CNC2CCCCC2C(C)(C)C)n1. The molecule has 0 aromatic carbocycles. The van der Waals surface area contributed by atoms with Crippen molar-refractivity contribution in [3.05, 3.63) is 11.7 Å². The molecule has 1 fully saturated rings. The number of hydrogen-bond donors (Lipinski definition) is 1. The molecule has 0 radical (unpaired) electrons. The minimum atomic E-state index is 0.360. The molecular formula is C17H31N3O. The highest BCUT2D eigenvalue weighted by Gasteiger charge is 2.33. The standard InChI is InChI=1S/C17H31N3O/c1-5-6-11-15-19-16(21-20-15)12-18-14-10-8-7-9-13(14)17(2,3)4/h13-14,18H,5-12H2,1-4H3. The average Bonchev–Trinajstić information content (AvgIpc) is 2.90. The number of rotatable bonds is 6. The van der Waals surface area contributed by atoms with Gasteiger partial charge in [-0.3, -0.25) is 0 Å². The monoisotopic (exact) mass is 293 g/mol. The molecule has 1 aliphatic carbocycles. The summed E-state index contributed by atoms with van der Waals surface area (Å²) in [5.74, 6) is 2.32. The van der Waals surface area contributed by atoms with Gasteiger partial charge in [-0.1, -0.05) is 52.1 Å². The first kappa shape index (κ1) is 16.5. The Hall–Kier alpha value is -0.900. The van der Waals surface area contributed by atoms with E-state index in [0.29, 0.717) is 18.0 Å². The molecule has 120 valence electrons. The summed E-state index contributed by atoms with van der Waals surface area (Å²) in [4.78, 5) is 4.48. The maximum atomic E-state index is 5.35. The molecule has 1 N–H and O–H groups in total. The van der Waals surface area contributed by atoms with Crippen LogP contribution in [0.4, 0.5) is 0 Å². The van der Waals surface area contributed by atoms with Crippen LogP contribution >= 0.6 is 0 Å². The van der Waals surface area contributed by atoms with E-state index in [1.807, 2.05) is 0 Å². The summed E-state index contributed by atoms with van der Waals surface area (Å²) in [6.45, 7) is 9.95. The van der Waals surface area contributed by atoms with E-state index in [1.165, 1.54) is 25.7 Å². The van der Waals surface area contributed by atoms with Crippen molar-refractivity contribution in [3.8, 4) is 0 Å². The van der Waals surface area contributed by atoms with Crippen molar-refractivity contribution in [1.82, 2.24) is 15.5 Å². The van der Waals surface area contributed by atoms with Gasteiger partial charge in [-0.15, -0.1) is 0 Å². The summed E-state index contributed by atoms with van der Waals surface area (Å²) in [5.41, 5.74) is 0.360. The molecule has 2 rings (SSSR count). The van der Waals surface area contributed by atoms with Crippen molar-refractivity contribution >= 4 is 0 Å². The lowest BCUT2D eigenvalue weighted by Gasteiger charge is -2.40. The van der Waals surface area contributed by atoms with Crippen molar-refractivity contribution in [2.45, 2.75) is 85.2 Å². The summed E-state index contributed by atoms with van der Waals surface area (Å²) in [6, 6.07) is 0.574. The van der Waals surface area contributed by atoms with E-state index >= 15 is 0 Å². The summed E-state index contributed by atoms with van der Waals surface area (Å²) in [7, 11) is 0. The lowest BCUT2D eigenvalue weighted by atomic mass is 9.69. The molecule has 0 amide bonds. The molecule has 0 saturated heterocycles. The predicted octanol–water partition coefficient (Wildman–Crippen LogP) is 4.11. The van der Waals surface area contributed by atoms with Crippen molar-refractivity contribution in [2.75, 3.05) is 0 Å². The third-order valence-electron chi connectivity index (χ3n) is 4.66. The van der Waals surface area contributed by atoms with Crippen LogP contribution in [0.25, 0.3) is 0 Å². The zero-order valence-corrected chi connectivity index (χ0v) is 14.1. The summed E-state index contributed by atoms with van der Waals surface area (Å²) >= 11 is 0. The molecule has 1 aliphatic rings. The van der Waals surface area contributed by atoms with Crippen molar-refractivity contribution in [2.24, 2.45) is 11.3 Å². The molecule has 0 aliphatic heterocycles. The highest BCUT2D eigenvalue weighted by molar-refractivity contribution is 4.91. The third-order valence-corrected chi connectivity index (χ3v) is 4.66. The Morgan fingerprint density at radius 2 is 2.00 bits per heavy atom. The Morgan fingerprint density at radius 3 is 2.71 bits per heavy atom. The van der Waals surface area contributed by atoms with E-state index in [4.69, 9.17) is 4.52 Å². The third kappa shape index (κ3) is 4.80. The maximum Gasteiger partial charge on any atom is 0.240 e. The van der Waals surface area contributed by atoms with Gasteiger partial charge in [0.05, 0.1) is 6.54 Å². The largest absolute Gasteiger partial charge is 0.338 e. The molecule has 0 spiro atoms. The zero-order chi connectivity index (χ0) is 15.3. The van der Waals surface area contributed by atoms with Gasteiger partial charge in [0.25, 0.3) is 0 Å². The van der Waals surface area contributed by atoms with Crippen molar-refractivity contribution in [1.29, 1.82) is 0 Å². The average molecular weight is 293 g/mol. The van der Waals surface area contributed by atoms with E-state index in [2.05, 4.69) is 43.2 Å². The fourth-order valence-electron chi connectivity index (χ4n) is 3.43. The van der Waals surface area contributed by atoms with Crippen molar-refractivity contribution in [3.63, 3.8) is 0 Å². The van der Waals surface area contributed by atoms with Gasteiger partial charge < -0.3 is 9.84 Å². The second-order valence-corrected chi connectivity index (χ2v) is 7.45. The van der Waals surface area contributed by atoms with E-state index in [-0.39, 0.29) is 0 Å². The highest BCUT2D eigenvalue weighted by atomic mass is 16.5. The molecule has 1 aromatic heterocycles. The number of aromatic nitrogens is 2. The van der Waals surface area contributed by atoms with Gasteiger partial charge in [0.1, 0.15) is 0 Å². The first-order chi connectivity index (χ1) is 10.0. The fourth-order valence-corrected chi connectivity index (χ4v) is 3.43. The van der Waals surface area contributed by atoms with E-state index in [0.717, 1.165) is 36.9 Å². The van der Waals surface area contributed by atoms with Crippen LogP contribution in [0.15, 0.2) is 4.52 Å². The smallest absolute Gasteiger partial charge is 0.240 e. The summed E-state index contributed by atoms with van der Waals surface area (Å²) < 4.78 is 5.35. The second kappa shape index (κ2) is 7.39. The number of aryl methyl sites for hydroxylation is 1. The molecule has 4 heteroatoms. The Labute approximate surface area is 129 Å². The van der Waals surface area contributed by atoms with Gasteiger partial charge in [-0.2, -0.15) is 4.98 Å². The number of nitrogens with one attached hydrogen (secondary N) is 1. The van der Waals surface area contributed by atoms with Gasteiger partial charge in [0.2, 0.25) is 5.89 Å². The topological polar surface area (TPSA) is 51.0 Å². The molecule has 2 atom stereocenters. The van der Waals surface area contributed by atoms with Crippen LogP contribution < -0.4 is 5.32 Å². The fraction of sp³-hybridized carbons (Fsp3) is 0.882. The molecule has 2 unspecified atom stereocenters. The Kier molecular flexibility index (Phi) is 5.80. The molecule has 0 bridgehead atoms. The van der Waals surface area contributed by atoms with Crippen LogP contribution in [0.5, 0.6) is 0 Å². The maximum absolute atomic E-state index is 5.35. The number of hydrogen-bond acceptors (Lipinski definition) is 4. The molecular weight excluding hydrogens is 262 g/mol. The molecule has 1 saturated carbocycles. The Morgan fingerprint density at radius 1 is 1.24 bits per heavy atom. The number of nitrogens with zero attached hydrogens (tertiary/aromatic N) is 2. The number of unbranched alkanes of at least 4 members (excludes halogenated alkanes) is 1. The van der Waals surface area contributed by atoms with Crippen LogP contribution in [0.2, 0.25) is 0 Å². The Bertz CT molecular complexity index is 422. The van der Waals surface area contributed by atoms with E-state index in [9.17, 15) is 0 Å². The van der Waals surface area contributed by atoms with Gasteiger partial charge >= 0.3 is 0 Å². The lowest BCUT2D eigenvalue weighted by Crippen LogP contribution is -2.43. The van der Waals surface area contributed by atoms with Crippen LogP contribution in [0.1, 0.15) is 77.9 Å². The molecule has 1 heterocycles. The Balaban J connectivity index is 1.87. The first-order valence-electron chi connectivity index (χ1n) is 8.55. The predicted molar refractivity (Wildman–Crippen MR) is 85.0 cm³/mol. The highest BCUT2D eigenvalue weighted by Crippen LogP contribution is 2.38. The molecule has 1 aromatic rings. The molecule has 21 heavy (non-hydrogen) atoms. The normalized spacial score (nSPS) is 23.4. The van der Waals surface area contributed by atoms with E-state index in [1.54, 1.807) is 0 Å². The van der Waals surface area contributed by atoms with Crippen LogP contribution in [-0.4, -0.2) is 16.2 Å². The zero-order valence-electron chi connectivity index (χ0n) is 14.1. The summed E-state index contributed by atoms with van der Waals surface area (Å²) in [6.07, 6.45) is 8.50. The van der Waals surface area contributed by atoms with Crippen molar-refractivity contribution < 1.29 is 4.52 Å². The van der Waals surface area contributed by atoms with Gasteiger partial charge in [-0.25, -0.2) is 0 Å². The minimum absolute atomic E-state index is 0.360. The van der Waals surface area contributed by atoms with E-state index < -0.39 is 0 Å². The quantitative estimate of drug-likeness (QED) is 0.857. The van der Waals surface area contributed by atoms with Crippen LogP contribution in [0, 0.1) is 11.3 Å². The van der Waals surface area contributed by atoms with Gasteiger partial charge in [-0.05, 0) is 30.6 Å². The first-order valence-corrected chi connectivity index (χ1v) is 8.55. The van der Waals surface area contributed by atoms with Crippen LogP contribution in [-0.2, 0) is 13.0 Å². The van der Waals surface area contributed by atoms with Gasteiger partial charge in [0, 0.05) is 12.5 Å². The van der Waals surface area contributed by atoms with Crippen LogP contribution in [0.3, 0.4) is 0 Å².